The van der Waals surface area contributed by atoms with E-state index >= 15 is 0 Å². The number of carboxylic acid groups (broad SMARTS) is 1. The molecule has 0 saturated carbocycles. The van der Waals surface area contributed by atoms with Crippen LogP contribution in [0.5, 0.6) is 0 Å². The van der Waals surface area contributed by atoms with E-state index in [-0.39, 0.29) is 5.56 Å². The van der Waals surface area contributed by atoms with Crippen molar-refractivity contribution >= 4 is 11.8 Å². The summed E-state index contributed by atoms with van der Waals surface area (Å²) in [5.74, 6) is -2.57. The molecule has 0 atom stereocenters. The zero-order valence-corrected chi connectivity index (χ0v) is 7.07. The summed E-state index contributed by atoms with van der Waals surface area (Å²) in [6, 6.07) is 8.89. The van der Waals surface area contributed by atoms with E-state index in [2.05, 4.69) is 0 Å². The third-order valence-corrected chi connectivity index (χ3v) is 1.57. The highest BCUT2D eigenvalue weighted by Gasteiger charge is 2.15. The summed E-state index contributed by atoms with van der Waals surface area (Å²) in [7, 11) is 0. The summed E-state index contributed by atoms with van der Waals surface area (Å²) in [4.78, 5) is 10.4. The molecular weight excluding hydrogens is 185 g/mol. The molecule has 0 unspecified atom stereocenters. The number of nitriles is 1. The number of aliphatic carboxylic acids is 1. The molecule has 0 aliphatic carbocycles. The van der Waals surface area contributed by atoms with Gasteiger partial charge in [-0.25, -0.2) is 9.18 Å². The van der Waals surface area contributed by atoms with Crippen molar-refractivity contribution in [2.45, 2.75) is 0 Å². The number of carbonyl (C=O) groups is 1. The fourth-order valence-electron chi connectivity index (χ4n) is 0.920. The number of hydrogen-bond donors (Lipinski definition) is 1. The van der Waals surface area contributed by atoms with Crippen LogP contribution in [0, 0.1) is 11.3 Å². The highest BCUT2D eigenvalue weighted by Crippen LogP contribution is 2.19. The molecule has 4 heteroatoms. The Morgan fingerprint density at radius 2 is 1.93 bits per heavy atom. The van der Waals surface area contributed by atoms with Gasteiger partial charge < -0.3 is 5.11 Å². The fourth-order valence-corrected chi connectivity index (χ4v) is 0.920. The van der Waals surface area contributed by atoms with Gasteiger partial charge in [0.05, 0.1) is 0 Å². The maximum absolute atomic E-state index is 13.3. The van der Waals surface area contributed by atoms with Crippen molar-refractivity contribution in [1.29, 1.82) is 5.26 Å². The van der Waals surface area contributed by atoms with Crippen LogP contribution >= 0.6 is 0 Å². The molecule has 0 radical (unpaired) electrons. The first-order valence-electron chi connectivity index (χ1n) is 3.75. The lowest BCUT2D eigenvalue weighted by atomic mass is 10.1. The number of rotatable bonds is 2. The lowest BCUT2D eigenvalue weighted by Gasteiger charge is -1.97. The van der Waals surface area contributed by atoms with Crippen molar-refractivity contribution in [3.8, 4) is 6.07 Å². The van der Waals surface area contributed by atoms with Crippen LogP contribution in [-0.2, 0) is 4.79 Å². The van der Waals surface area contributed by atoms with Gasteiger partial charge in [-0.3, -0.25) is 0 Å². The van der Waals surface area contributed by atoms with E-state index in [1.807, 2.05) is 0 Å². The van der Waals surface area contributed by atoms with Gasteiger partial charge in [0.1, 0.15) is 6.07 Å². The van der Waals surface area contributed by atoms with Crippen LogP contribution in [0.1, 0.15) is 5.56 Å². The van der Waals surface area contributed by atoms with E-state index < -0.39 is 17.4 Å². The number of benzene rings is 1. The molecule has 0 spiro atoms. The molecule has 70 valence electrons. The van der Waals surface area contributed by atoms with E-state index in [4.69, 9.17) is 10.4 Å². The van der Waals surface area contributed by atoms with Gasteiger partial charge in [0.2, 0.25) is 0 Å². The Bertz CT molecular complexity index is 417. The van der Waals surface area contributed by atoms with Crippen LogP contribution in [-0.4, -0.2) is 11.1 Å². The van der Waals surface area contributed by atoms with Gasteiger partial charge in [0.15, 0.2) is 11.4 Å². The molecule has 1 N–H and O–H groups in total. The normalized spacial score (nSPS) is 11.4. The largest absolute Gasteiger partial charge is 0.477 e. The lowest BCUT2D eigenvalue weighted by molar-refractivity contribution is -0.132. The maximum Gasteiger partial charge on any atom is 0.349 e. The number of carboxylic acids is 1. The van der Waals surface area contributed by atoms with Crippen molar-refractivity contribution in [3.63, 3.8) is 0 Å². The van der Waals surface area contributed by atoms with Gasteiger partial charge in [-0.05, 0) is 0 Å². The van der Waals surface area contributed by atoms with Crippen molar-refractivity contribution in [3.05, 3.63) is 41.5 Å². The molecule has 1 aromatic carbocycles. The quantitative estimate of drug-likeness (QED) is 0.574. The minimum atomic E-state index is -1.56. The Kier molecular flexibility index (Phi) is 2.97. The predicted octanol–water partition coefficient (Wildman–Crippen LogP) is 1.98. The van der Waals surface area contributed by atoms with E-state index in [1.54, 1.807) is 18.2 Å². The van der Waals surface area contributed by atoms with Crippen molar-refractivity contribution in [2.75, 3.05) is 0 Å². The Morgan fingerprint density at radius 3 is 2.36 bits per heavy atom. The van der Waals surface area contributed by atoms with Crippen molar-refractivity contribution < 1.29 is 14.3 Å². The molecular formula is C10H6FNO2. The first-order valence-corrected chi connectivity index (χ1v) is 3.75. The molecule has 0 heterocycles. The van der Waals surface area contributed by atoms with Gasteiger partial charge in [-0.1, -0.05) is 30.3 Å². The van der Waals surface area contributed by atoms with Gasteiger partial charge in [0.25, 0.3) is 0 Å². The van der Waals surface area contributed by atoms with Crippen LogP contribution in [0.2, 0.25) is 0 Å². The Morgan fingerprint density at radius 1 is 1.36 bits per heavy atom. The van der Waals surface area contributed by atoms with Gasteiger partial charge >= 0.3 is 5.97 Å². The Labute approximate surface area is 79.7 Å². The summed E-state index contributed by atoms with van der Waals surface area (Å²) in [5.41, 5.74) is -0.789. The van der Waals surface area contributed by atoms with Crippen LogP contribution in [0.15, 0.2) is 35.9 Å². The smallest absolute Gasteiger partial charge is 0.349 e. The van der Waals surface area contributed by atoms with Gasteiger partial charge in [0, 0.05) is 5.56 Å². The summed E-state index contributed by atoms with van der Waals surface area (Å²) < 4.78 is 13.3. The maximum atomic E-state index is 13.3. The lowest BCUT2D eigenvalue weighted by Crippen LogP contribution is -2.00. The second kappa shape index (κ2) is 4.19. The molecule has 0 aliphatic rings. The Balaban J connectivity index is 3.23. The zero-order valence-electron chi connectivity index (χ0n) is 7.07. The summed E-state index contributed by atoms with van der Waals surface area (Å²) >= 11 is 0. The Hall–Kier alpha value is -2.15. The van der Waals surface area contributed by atoms with Crippen LogP contribution < -0.4 is 0 Å². The average Bonchev–Trinajstić information content (AvgIpc) is 2.19. The molecule has 0 amide bonds. The summed E-state index contributed by atoms with van der Waals surface area (Å²) in [5, 5.41) is 16.9. The van der Waals surface area contributed by atoms with Gasteiger partial charge in [-0.2, -0.15) is 5.26 Å². The van der Waals surface area contributed by atoms with Crippen LogP contribution in [0.4, 0.5) is 4.39 Å². The molecule has 0 saturated heterocycles. The summed E-state index contributed by atoms with van der Waals surface area (Å²) in [6.45, 7) is 0. The molecule has 0 aromatic heterocycles. The zero-order chi connectivity index (χ0) is 10.6. The topological polar surface area (TPSA) is 61.1 Å². The third-order valence-electron chi connectivity index (χ3n) is 1.57. The van der Waals surface area contributed by atoms with E-state index in [0.29, 0.717) is 0 Å². The second-order valence-corrected chi connectivity index (χ2v) is 2.47. The second-order valence-electron chi connectivity index (χ2n) is 2.47. The first kappa shape index (κ1) is 9.93. The van der Waals surface area contributed by atoms with E-state index in [1.165, 1.54) is 18.2 Å². The van der Waals surface area contributed by atoms with Crippen LogP contribution in [0.25, 0.3) is 5.83 Å². The van der Waals surface area contributed by atoms with Crippen molar-refractivity contribution in [2.24, 2.45) is 0 Å². The number of nitrogens with zero attached hydrogens (tertiary/aromatic N) is 1. The number of hydrogen-bond acceptors (Lipinski definition) is 2. The van der Waals surface area contributed by atoms with E-state index in [9.17, 15) is 9.18 Å². The average molecular weight is 191 g/mol. The molecule has 1 rings (SSSR count). The fraction of sp³-hybridized carbons (Fsp3) is 0. The minimum Gasteiger partial charge on any atom is -0.477 e. The monoisotopic (exact) mass is 191 g/mol. The molecule has 14 heavy (non-hydrogen) atoms. The molecule has 0 fully saturated rings. The SMILES string of the molecule is N#CC(C(=O)O)=C(F)c1ccccc1. The first-order chi connectivity index (χ1) is 6.66. The highest BCUT2D eigenvalue weighted by molar-refractivity contribution is 5.98. The van der Waals surface area contributed by atoms with Crippen molar-refractivity contribution in [1.82, 2.24) is 0 Å². The summed E-state index contributed by atoms with van der Waals surface area (Å²) in [6.07, 6.45) is 0. The number of halogens is 1. The molecule has 0 aliphatic heterocycles. The van der Waals surface area contributed by atoms with Gasteiger partial charge in [-0.15, -0.1) is 0 Å². The molecule has 1 aromatic rings. The minimum absolute atomic E-state index is 0.0893. The highest BCUT2D eigenvalue weighted by atomic mass is 19.1. The third kappa shape index (κ3) is 1.96. The molecule has 0 bridgehead atoms. The van der Waals surface area contributed by atoms with E-state index in [0.717, 1.165) is 0 Å². The molecule has 3 nitrogen and oxygen atoms in total. The standard InChI is InChI=1S/C10H6FNO2/c11-9(8(6-12)10(13)14)7-4-2-1-3-5-7/h1-5H,(H,13,14). The van der Waals surface area contributed by atoms with Crippen LogP contribution in [0.3, 0.4) is 0 Å². The predicted molar refractivity (Wildman–Crippen MR) is 47.7 cm³/mol.